The van der Waals surface area contributed by atoms with Crippen LogP contribution in [0, 0.1) is 0 Å². The predicted molar refractivity (Wildman–Crippen MR) is 116 cm³/mol. The molecule has 1 aromatic heterocycles. The first-order valence-electron chi connectivity index (χ1n) is 9.06. The van der Waals surface area contributed by atoms with Crippen molar-refractivity contribution >= 4 is 57.0 Å². The van der Waals surface area contributed by atoms with E-state index in [-0.39, 0.29) is 17.2 Å². The molecule has 1 aliphatic heterocycles. The number of benzene rings is 2. The van der Waals surface area contributed by atoms with Gasteiger partial charge in [-0.25, -0.2) is 0 Å². The summed E-state index contributed by atoms with van der Waals surface area (Å²) in [6.45, 7) is 6.86. The zero-order valence-electron chi connectivity index (χ0n) is 15.4. The molecule has 0 bridgehead atoms. The van der Waals surface area contributed by atoms with Crippen molar-refractivity contribution in [2.75, 3.05) is 6.54 Å². The Morgan fingerprint density at radius 1 is 1.11 bits per heavy atom. The highest BCUT2D eigenvalue weighted by molar-refractivity contribution is 7.80. The number of amides is 2. The summed E-state index contributed by atoms with van der Waals surface area (Å²) in [5.41, 5.74) is 3.14. The zero-order chi connectivity index (χ0) is 19.8. The maximum Gasteiger partial charge on any atom is 0.265 e. The van der Waals surface area contributed by atoms with Gasteiger partial charge in [0.1, 0.15) is 5.57 Å². The van der Waals surface area contributed by atoms with Crippen molar-refractivity contribution < 1.29 is 9.59 Å². The van der Waals surface area contributed by atoms with Gasteiger partial charge in [-0.2, -0.15) is 0 Å². The van der Waals surface area contributed by atoms with E-state index in [9.17, 15) is 9.59 Å². The molecule has 5 nitrogen and oxygen atoms in total. The van der Waals surface area contributed by atoms with Crippen molar-refractivity contribution in [1.29, 1.82) is 0 Å². The van der Waals surface area contributed by atoms with Crippen molar-refractivity contribution in [3.63, 3.8) is 0 Å². The Bertz CT molecular complexity index is 1190. The molecule has 0 spiro atoms. The Morgan fingerprint density at radius 3 is 2.61 bits per heavy atom. The van der Waals surface area contributed by atoms with Gasteiger partial charge in [0.05, 0.1) is 0 Å². The molecular formula is C22H19N3O2S. The van der Waals surface area contributed by atoms with Crippen LogP contribution in [-0.2, 0) is 16.1 Å². The number of carbonyl (C=O) groups excluding carboxylic acids is 2. The number of aryl methyl sites for hydroxylation is 1. The van der Waals surface area contributed by atoms with E-state index in [4.69, 9.17) is 12.2 Å². The SMILES string of the molecule is C=CCN1C(=O)/C(=C/c2ccc3c(c2)c2ccccc2n3CC)C(=O)NC1=S. The number of hydrogen-bond acceptors (Lipinski definition) is 3. The van der Waals surface area contributed by atoms with Gasteiger partial charge >= 0.3 is 0 Å². The van der Waals surface area contributed by atoms with Crippen molar-refractivity contribution in [3.05, 3.63) is 66.3 Å². The maximum absolute atomic E-state index is 12.7. The Morgan fingerprint density at radius 2 is 1.86 bits per heavy atom. The van der Waals surface area contributed by atoms with Gasteiger partial charge in [-0.05, 0) is 49.0 Å². The fraction of sp³-hybridized carbons (Fsp3) is 0.136. The highest BCUT2D eigenvalue weighted by atomic mass is 32.1. The number of fused-ring (bicyclic) bond motifs is 3. The van der Waals surface area contributed by atoms with E-state index in [1.54, 1.807) is 12.2 Å². The minimum Gasteiger partial charge on any atom is -0.341 e. The lowest BCUT2D eigenvalue weighted by atomic mass is 10.0. The Hall–Kier alpha value is -3.25. The smallest absolute Gasteiger partial charge is 0.265 e. The molecule has 0 atom stereocenters. The third kappa shape index (κ3) is 2.82. The molecule has 1 saturated heterocycles. The molecule has 1 aliphatic rings. The number of rotatable bonds is 4. The minimum absolute atomic E-state index is 0.0639. The predicted octanol–water partition coefficient (Wildman–Crippen LogP) is 3.63. The van der Waals surface area contributed by atoms with E-state index in [2.05, 4.69) is 35.5 Å². The number of nitrogens with zero attached hydrogens (tertiary/aromatic N) is 2. The van der Waals surface area contributed by atoms with Crippen molar-refractivity contribution in [2.45, 2.75) is 13.5 Å². The fourth-order valence-corrected chi connectivity index (χ4v) is 3.91. The van der Waals surface area contributed by atoms with E-state index in [1.807, 2.05) is 30.3 Å². The van der Waals surface area contributed by atoms with E-state index in [0.717, 1.165) is 28.4 Å². The van der Waals surface area contributed by atoms with Crippen molar-refractivity contribution in [3.8, 4) is 0 Å². The van der Waals surface area contributed by atoms with Gasteiger partial charge in [0.25, 0.3) is 11.8 Å². The summed E-state index contributed by atoms with van der Waals surface area (Å²) in [6.07, 6.45) is 3.19. The Labute approximate surface area is 167 Å². The Balaban J connectivity index is 1.84. The van der Waals surface area contributed by atoms with E-state index >= 15 is 0 Å². The van der Waals surface area contributed by atoms with Gasteiger partial charge in [-0.3, -0.25) is 19.8 Å². The van der Waals surface area contributed by atoms with E-state index < -0.39 is 11.8 Å². The number of para-hydroxylation sites is 1. The first-order valence-corrected chi connectivity index (χ1v) is 9.46. The molecule has 0 radical (unpaired) electrons. The summed E-state index contributed by atoms with van der Waals surface area (Å²) < 4.78 is 2.25. The molecule has 4 rings (SSSR count). The summed E-state index contributed by atoms with van der Waals surface area (Å²) in [5, 5.41) is 4.92. The summed E-state index contributed by atoms with van der Waals surface area (Å²) in [7, 11) is 0. The standard InChI is InChI=1S/C22H19N3O2S/c1-3-11-25-21(27)17(20(26)23-22(25)28)13-14-9-10-19-16(12-14)15-7-5-6-8-18(15)24(19)4-2/h3,5-10,12-13H,1,4,11H2,2H3,(H,23,26,28)/b17-13+. The van der Waals surface area contributed by atoms with E-state index in [0.29, 0.717) is 0 Å². The normalized spacial score (nSPS) is 16.2. The van der Waals surface area contributed by atoms with Crippen molar-refractivity contribution in [1.82, 2.24) is 14.8 Å². The molecule has 2 aromatic carbocycles. The summed E-state index contributed by atoms with van der Waals surface area (Å²) in [4.78, 5) is 26.4. The molecule has 6 heteroatoms. The Kier molecular flexibility index (Phi) is 4.57. The molecule has 0 saturated carbocycles. The van der Waals surface area contributed by atoms with Gasteiger partial charge in [-0.15, -0.1) is 6.58 Å². The minimum atomic E-state index is -0.480. The van der Waals surface area contributed by atoms with Crippen LogP contribution in [-0.4, -0.2) is 32.9 Å². The largest absolute Gasteiger partial charge is 0.341 e. The van der Waals surface area contributed by atoms with Crippen LogP contribution < -0.4 is 5.32 Å². The molecule has 3 aromatic rings. The molecule has 0 aliphatic carbocycles. The molecule has 1 fully saturated rings. The van der Waals surface area contributed by atoms with Gasteiger partial charge in [0, 0.05) is 34.9 Å². The number of carbonyl (C=O) groups is 2. The molecule has 1 N–H and O–H groups in total. The average molecular weight is 389 g/mol. The van der Waals surface area contributed by atoms with E-state index in [1.165, 1.54) is 10.4 Å². The van der Waals surface area contributed by atoms with Gasteiger partial charge in [0.2, 0.25) is 0 Å². The topological polar surface area (TPSA) is 54.3 Å². The van der Waals surface area contributed by atoms with Crippen LogP contribution in [0.2, 0.25) is 0 Å². The zero-order valence-corrected chi connectivity index (χ0v) is 16.3. The van der Waals surface area contributed by atoms with Crippen LogP contribution in [0.15, 0.2) is 60.7 Å². The molecule has 2 heterocycles. The maximum atomic E-state index is 12.7. The quantitative estimate of drug-likeness (QED) is 0.321. The number of aromatic nitrogens is 1. The lowest BCUT2D eigenvalue weighted by molar-refractivity contribution is -0.128. The third-order valence-corrected chi connectivity index (χ3v) is 5.24. The van der Waals surface area contributed by atoms with Crippen LogP contribution in [0.25, 0.3) is 27.9 Å². The van der Waals surface area contributed by atoms with Crippen LogP contribution in [0.5, 0.6) is 0 Å². The molecule has 0 unspecified atom stereocenters. The van der Waals surface area contributed by atoms with Crippen molar-refractivity contribution in [2.24, 2.45) is 0 Å². The number of nitrogens with one attached hydrogen (secondary N) is 1. The van der Waals surface area contributed by atoms with Crippen LogP contribution in [0.4, 0.5) is 0 Å². The molecule has 140 valence electrons. The number of hydrogen-bond donors (Lipinski definition) is 1. The molecule has 2 amide bonds. The number of thiocarbonyl (C=S) groups is 1. The first-order chi connectivity index (χ1) is 13.5. The second kappa shape index (κ2) is 7.05. The summed E-state index contributed by atoms with van der Waals surface area (Å²) >= 11 is 5.09. The van der Waals surface area contributed by atoms with Crippen LogP contribution in [0.3, 0.4) is 0 Å². The summed E-state index contributed by atoms with van der Waals surface area (Å²) in [5.74, 6) is -0.892. The van der Waals surface area contributed by atoms with Gasteiger partial charge < -0.3 is 4.57 Å². The lowest BCUT2D eigenvalue weighted by Gasteiger charge is -2.27. The monoisotopic (exact) mass is 389 g/mol. The summed E-state index contributed by atoms with van der Waals surface area (Å²) in [6, 6.07) is 14.2. The second-order valence-electron chi connectivity index (χ2n) is 6.56. The molecule has 28 heavy (non-hydrogen) atoms. The molecular weight excluding hydrogens is 370 g/mol. The second-order valence-corrected chi connectivity index (χ2v) is 6.95. The third-order valence-electron chi connectivity index (χ3n) is 4.92. The van der Waals surface area contributed by atoms with Gasteiger partial charge in [-0.1, -0.05) is 30.3 Å². The fourth-order valence-electron chi connectivity index (χ4n) is 3.66. The average Bonchev–Trinajstić information content (AvgIpc) is 3.01. The first kappa shape index (κ1) is 18.1. The highest BCUT2D eigenvalue weighted by Crippen LogP contribution is 2.30. The lowest BCUT2D eigenvalue weighted by Crippen LogP contribution is -2.53. The van der Waals surface area contributed by atoms with Gasteiger partial charge in [0.15, 0.2) is 5.11 Å². The van der Waals surface area contributed by atoms with Crippen LogP contribution >= 0.6 is 12.2 Å². The highest BCUT2D eigenvalue weighted by Gasteiger charge is 2.32. The van der Waals surface area contributed by atoms with Crippen LogP contribution in [0.1, 0.15) is 12.5 Å².